The molecule has 0 radical (unpaired) electrons. The second-order valence-corrected chi connectivity index (χ2v) is 7.27. The molecule has 0 saturated carbocycles. The summed E-state index contributed by atoms with van der Waals surface area (Å²) >= 11 is 1.52. The van der Waals surface area contributed by atoms with Gasteiger partial charge in [-0.05, 0) is 24.6 Å². The number of hydrogen-bond donors (Lipinski definition) is 1. The molecule has 0 unspecified atom stereocenters. The number of nitrogens with zero attached hydrogens (tertiary/aromatic N) is 4. The first kappa shape index (κ1) is 17.4. The fraction of sp³-hybridized carbons (Fsp3) is 0.200. The third-order valence-electron chi connectivity index (χ3n) is 4.34. The van der Waals surface area contributed by atoms with Crippen LogP contribution in [0.4, 0.5) is 0 Å². The molecule has 2 aromatic heterocycles. The second kappa shape index (κ2) is 7.28. The summed E-state index contributed by atoms with van der Waals surface area (Å²) in [6.45, 7) is 4.52. The van der Waals surface area contributed by atoms with Gasteiger partial charge in [-0.2, -0.15) is 9.61 Å². The lowest BCUT2D eigenvalue weighted by Crippen LogP contribution is -2.22. The van der Waals surface area contributed by atoms with Crippen LogP contribution >= 0.6 is 11.3 Å². The average Bonchev–Trinajstić information content (AvgIpc) is 3.27. The van der Waals surface area contributed by atoms with Gasteiger partial charge in [0.2, 0.25) is 4.96 Å². The van der Waals surface area contributed by atoms with Gasteiger partial charge in [-0.1, -0.05) is 60.2 Å². The quantitative estimate of drug-likeness (QED) is 0.576. The summed E-state index contributed by atoms with van der Waals surface area (Å²) in [7, 11) is 0. The number of fused-ring (bicyclic) bond motifs is 1. The highest BCUT2D eigenvalue weighted by Crippen LogP contribution is 2.25. The summed E-state index contributed by atoms with van der Waals surface area (Å²) in [6, 6.07) is 15.6. The molecule has 0 aliphatic carbocycles. The van der Waals surface area contributed by atoms with Gasteiger partial charge in [0.1, 0.15) is 5.01 Å². The van der Waals surface area contributed by atoms with E-state index in [1.807, 2.05) is 62.4 Å². The minimum Gasteiger partial charge on any atom is -0.348 e. The number of amides is 1. The molecular weight excluding hydrogens is 358 g/mol. The lowest BCUT2D eigenvalue weighted by Gasteiger charge is -2.06. The fourth-order valence-corrected chi connectivity index (χ4v) is 3.61. The first-order valence-electron chi connectivity index (χ1n) is 8.79. The summed E-state index contributed by atoms with van der Waals surface area (Å²) in [5, 5.41) is 16.7. The molecule has 7 heteroatoms. The van der Waals surface area contributed by atoms with Crippen molar-refractivity contribution in [3.63, 3.8) is 0 Å². The third kappa shape index (κ3) is 3.59. The van der Waals surface area contributed by atoms with E-state index in [-0.39, 0.29) is 5.91 Å². The van der Waals surface area contributed by atoms with E-state index >= 15 is 0 Å². The van der Waals surface area contributed by atoms with Gasteiger partial charge >= 0.3 is 0 Å². The van der Waals surface area contributed by atoms with Crippen LogP contribution in [0, 0.1) is 6.92 Å². The van der Waals surface area contributed by atoms with Gasteiger partial charge in [0.15, 0.2) is 5.82 Å². The largest absolute Gasteiger partial charge is 0.348 e. The Morgan fingerprint density at radius 2 is 1.81 bits per heavy atom. The van der Waals surface area contributed by atoms with Crippen molar-refractivity contribution in [2.45, 2.75) is 26.8 Å². The molecule has 4 rings (SSSR count). The van der Waals surface area contributed by atoms with Crippen molar-refractivity contribution in [1.29, 1.82) is 0 Å². The zero-order valence-corrected chi connectivity index (χ0v) is 16.0. The first-order chi connectivity index (χ1) is 13.1. The van der Waals surface area contributed by atoms with Crippen molar-refractivity contribution >= 4 is 22.2 Å². The summed E-state index contributed by atoms with van der Waals surface area (Å²) in [5.41, 5.74) is 3.87. The van der Waals surface area contributed by atoms with E-state index in [2.05, 4.69) is 20.6 Å². The Morgan fingerprint density at radius 1 is 1.07 bits per heavy atom. The van der Waals surface area contributed by atoms with Crippen LogP contribution in [-0.4, -0.2) is 25.7 Å². The van der Waals surface area contributed by atoms with Crippen molar-refractivity contribution in [3.05, 3.63) is 71.0 Å². The topological polar surface area (TPSA) is 72.2 Å². The molecule has 4 aromatic rings. The van der Waals surface area contributed by atoms with E-state index in [0.717, 1.165) is 38.9 Å². The number of hydrogen-bond acceptors (Lipinski definition) is 5. The molecule has 6 nitrogen and oxygen atoms in total. The van der Waals surface area contributed by atoms with Gasteiger partial charge in [0, 0.05) is 24.1 Å². The Morgan fingerprint density at radius 3 is 2.52 bits per heavy atom. The van der Waals surface area contributed by atoms with E-state index in [4.69, 9.17) is 0 Å². The maximum Gasteiger partial charge on any atom is 0.251 e. The summed E-state index contributed by atoms with van der Waals surface area (Å²) in [5.74, 6) is 0.794. The van der Waals surface area contributed by atoms with Crippen LogP contribution in [0.1, 0.15) is 34.2 Å². The van der Waals surface area contributed by atoms with Gasteiger partial charge in [0.05, 0.1) is 0 Å². The van der Waals surface area contributed by atoms with Crippen molar-refractivity contribution in [2.75, 3.05) is 0 Å². The SMILES string of the molecule is CCc1nnc2sc(-c3ccc(CNC(=O)c4ccc(C)cc4)cc3)nn12. The Balaban J connectivity index is 1.44. The van der Waals surface area contributed by atoms with E-state index in [1.165, 1.54) is 11.3 Å². The molecule has 0 atom stereocenters. The molecule has 0 bridgehead atoms. The predicted octanol–water partition coefficient (Wildman–Crippen LogP) is 3.65. The maximum absolute atomic E-state index is 12.2. The molecular formula is C20H19N5OS. The molecule has 1 amide bonds. The lowest BCUT2D eigenvalue weighted by atomic mass is 10.1. The molecule has 0 spiro atoms. The molecule has 2 heterocycles. The molecule has 136 valence electrons. The highest BCUT2D eigenvalue weighted by atomic mass is 32.1. The Bertz CT molecular complexity index is 1080. The van der Waals surface area contributed by atoms with Crippen LogP contribution in [0.2, 0.25) is 0 Å². The van der Waals surface area contributed by atoms with Gasteiger partial charge < -0.3 is 5.32 Å². The standard InChI is InChI=1S/C20H19N5OS/c1-3-17-22-23-20-25(17)24-19(27-20)16-10-6-14(7-11-16)12-21-18(26)15-8-4-13(2)5-9-15/h4-11H,3,12H2,1-2H3,(H,21,26). The Kier molecular flexibility index (Phi) is 4.68. The smallest absolute Gasteiger partial charge is 0.251 e. The predicted molar refractivity (Wildman–Crippen MR) is 106 cm³/mol. The normalized spacial score (nSPS) is 11.0. The highest BCUT2D eigenvalue weighted by molar-refractivity contribution is 7.19. The molecule has 27 heavy (non-hydrogen) atoms. The number of nitrogens with one attached hydrogen (secondary N) is 1. The van der Waals surface area contributed by atoms with Gasteiger partial charge in [-0.25, -0.2) is 0 Å². The zero-order chi connectivity index (χ0) is 18.8. The van der Waals surface area contributed by atoms with Crippen LogP contribution in [0.25, 0.3) is 15.5 Å². The number of carbonyl (C=O) groups is 1. The lowest BCUT2D eigenvalue weighted by molar-refractivity contribution is 0.0951. The second-order valence-electron chi connectivity index (χ2n) is 6.32. The van der Waals surface area contributed by atoms with Crippen molar-refractivity contribution < 1.29 is 4.79 Å². The Hall–Kier alpha value is -3.06. The minimum atomic E-state index is -0.0696. The van der Waals surface area contributed by atoms with Crippen LogP contribution in [-0.2, 0) is 13.0 Å². The molecule has 2 aromatic carbocycles. The van der Waals surface area contributed by atoms with Crippen molar-refractivity contribution in [3.8, 4) is 10.6 Å². The van der Waals surface area contributed by atoms with Crippen molar-refractivity contribution in [2.24, 2.45) is 0 Å². The van der Waals surface area contributed by atoms with Crippen LogP contribution in [0.15, 0.2) is 48.5 Å². The molecule has 0 aliphatic rings. The number of aromatic nitrogens is 4. The summed E-state index contributed by atoms with van der Waals surface area (Å²) < 4.78 is 1.80. The molecule has 1 N–H and O–H groups in total. The van der Waals surface area contributed by atoms with E-state index < -0.39 is 0 Å². The van der Waals surface area contributed by atoms with Crippen LogP contribution < -0.4 is 5.32 Å². The van der Waals surface area contributed by atoms with Gasteiger partial charge in [-0.15, -0.1) is 10.2 Å². The van der Waals surface area contributed by atoms with E-state index in [9.17, 15) is 4.79 Å². The van der Waals surface area contributed by atoms with Gasteiger partial charge in [-0.3, -0.25) is 4.79 Å². The average molecular weight is 377 g/mol. The van der Waals surface area contributed by atoms with Crippen LogP contribution in [0.5, 0.6) is 0 Å². The summed E-state index contributed by atoms with van der Waals surface area (Å²) in [4.78, 5) is 13.0. The number of rotatable bonds is 5. The Labute approximate surface area is 160 Å². The van der Waals surface area contributed by atoms with E-state index in [1.54, 1.807) is 4.52 Å². The number of aryl methyl sites for hydroxylation is 2. The summed E-state index contributed by atoms with van der Waals surface area (Å²) in [6.07, 6.45) is 0.796. The third-order valence-corrected chi connectivity index (χ3v) is 5.29. The zero-order valence-electron chi connectivity index (χ0n) is 15.1. The molecule has 0 fully saturated rings. The highest BCUT2D eigenvalue weighted by Gasteiger charge is 2.12. The number of benzene rings is 2. The maximum atomic E-state index is 12.2. The van der Waals surface area contributed by atoms with Crippen molar-refractivity contribution in [1.82, 2.24) is 25.1 Å². The number of carbonyl (C=O) groups excluding carboxylic acids is 1. The molecule has 0 aliphatic heterocycles. The van der Waals surface area contributed by atoms with Gasteiger partial charge in [0.25, 0.3) is 5.91 Å². The molecule has 0 saturated heterocycles. The van der Waals surface area contributed by atoms with E-state index in [0.29, 0.717) is 12.1 Å². The minimum absolute atomic E-state index is 0.0696. The fourth-order valence-electron chi connectivity index (χ4n) is 2.75. The first-order valence-corrected chi connectivity index (χ1v) is 9.61. The monoisotopic (exact) mass is 377 g/mol. The van der Waals surface area contributed by atoms with Crippen LogP contribution in [0.3, 0.4) is 0 Å².